The van der Waals surface area contributed by atoms with Crippen molar-refractivity contribution in [3.05, 3.63) is 35.4 Å². The third-order valence-electron chi connectivity index (χ3n) is 1.68. The van der Waals surface area contributed by atoms with Crippen molar-refractivity contribution in [2.75, 3.05) is 14.1 Å². The molecule has 0 saturated carbocycles. The van der Waals surface area contributed by atoms with E-state index < -0.39 is 0 Å². The van der Waals surface area contributed by atoms with Crippen LogP contribution in [0.2, 0.25) is 0 Å². The van der Waals surface area contributed by atoms with Gasteiger partial charge in [0.2, 0.25) is 0 Å². The Morgan fingerprint density at radius 3 is 2.09 bits per heavy atom. The lowest BCUT2D eigenvalue weighted by molar-refractivity contribution is -0.872. The van der Waals surface area contributed by atoms with Crippen molar-refractivity contribution in [3.63, 3.8) is 0 Å². The normalized spacial score (nSPS) is 10.5. The first-order chi connectivity index (χ1) is 5.18. The van der Waals surface area contributed by atoms with Crippen LogP contribution in [0.25, 0.3) is 0 Å². The monoisotopic (exact) mass is 150 g/mol. The molecule has 11 heavy (non-hydrogen) atoms. The van der Waals surface area contributed by atoms with Crippen molar-refractivity contribution in [3.8, 4) is 0 Å². The summed E-state index contributed by atoms with van der Waals surface area (Å²) < 4.78 is 0. The summed E-state index contributed by atoms with van der Waals surface area (Å²) in [6.45, 7) is 3.23. The molecule has 0 bridgehead atoms. The Morgan fingerprint density at radius 2 is 1.64 bits per heavy atom. The maximum atomic E-state index is 2.20. The van der Waals surface area contributed by atoms with Gasteiger partial charge in [-0.1, -0.05) is 29.8 Å². The van der Waals surface area contributed by atoms with E-state index in [1.54, 1.807) is 0 Å². The van der Waals surface area contributed by atoms with E-state index in [-0.39, 0.29) is 0 Å². The quantitative estimate of drug-likeness (QED) is 0.631. The predicted molar refractivity (Wildman–Crippen MR) is 47.7 cm³/mol. The van der Waals surface area contributed by atoms with E-state index in [1.807, 2.05) is 0 Å². The molecule has 1 aromatic carbocycles. The number of hydrogen-bond donors (Lipinski definition) is 1. The van der Waals surface area contributed by atoms with Crippen LogP contribution in [-0.2, 0) is 6.54 Å². The minimum Gasteiger partial charge on any atom is -0.336 e. The van der Waals surface area contributed by atoms with Crippen LogP contribution in [0.3, 0.4) is 0 Å². The minimum atomic E-state index is 1.11. The largest absolute Gasteiger partial charge is 0.336 e. The number of nitrogens with one attached hydrogen (secondary N) is 1. The van der Waals surface area contributed by atoms with Crippen LogP contribution in [0.15, 0.2) is 24.3 Å². The Balaban J connectivity index is 2.66. The Kier molecular flexibility index (Phi) is 2.66. The van der Waals surface area contributed by atoms with E-state index in [0.717, 1.165) is 6.54 Å². The molecule has 60 valence electrons. The molecule has 0 aliphatic rings. The average molecular weight is 150 g/mol. The fraction of sp³-hybridized carbons (Fsp3) is 0.400. The SMILES string of the molecule is Cc1ccc(C[NH+](C)C)cc1. The van der Waals surface area contributed by atoms with Gasteiger partial charge in [0.1, 0.15) is 6.54 Å². The molecule has 0 aliphatic heterocycles. The summed E-state index contributed by atoms with van der Waals surface area (Å²) in [6, 6.07) is 8.72. The van der Waals surface area contributed by atoms with Crippen molar-refractivity contribution in [1.82, 2.24) is 0 Å². The highest BCUT2D eigenvalue weighted by Crippen LogP contribution is 2.00. The molecule has 1 heteroatoms. The van der Waals surface area contributed by atoms with Crippen LogP contribution in [-0.4, -0.2) is 14.1 Å². The Hall–Kier alpha value is -0.820. The van der Waals surface area contributed by atoms with Gasteiger partial charge in [-0.3, -0.25) is 0 Å². The molecule has 0 aliphatic carbocycles. The molecular weight excluding hydrogens is 134 g/mol. The van der Waals surface area contributed by atoms with Crippen LogP contribution < -0.4 is 4.90 Å². The van der Waals surface area contributed by atoms with Crippen LogP contribution in [0, 0.1) is 6.92 Å². The maximum Gasteiger partial charge on any atom is 0.102 e. The first-order valence-corrected chi connectivity index (χ1v) is 4.03. The maximum absolute atomic E-state index is 2.20. The Morgan fingerprint density at radius 1 is 1.09 bits per heavy atom. The lowest BCUT2D eigenvalue weighted by Gasteiger charge is -2.06. The summed E-state index contributed by atoms with van der Waals surface area (Å²) in [6.07, 6.45) is 0. The van der Waals surface area contributed by atoms with E-state index in [1.165, 1.54) is 16.0 Å². The van der Waals surface area contributed by atoms with E-state index >= 15 is 0 Å². The minimum absolute atomic E-state index is 1.11. The van der Waals surface area contributed by atoms with Crippen LogP contribution >= 0.6 is 0 Å². The molecule has 0 amide bonds. The third kappa shape index (κ3) is 2.72. The first kappa shape index (κ1) is 8.28. The molecule has 1 N–H and O–H groups in total. The van der Waals surface area contributed by atoms with Crippen molar-refractivity contribution >= 4 is 0 Å². The lowest BCUT2D eigenvalue weighted by atomic mass is 10.1. The smallest absolute Gasteiger partial charge is 0.102 e. The van der Waals surface area contributed by atoms with E-state index in [2.05, 4.69) is 45.3 Å². The molecule has 1 nitrogen and oxygen atoms in total. The molecular formula is C10H16N+. The van der Waals surface area contributed by atoms with E-state index in [4.69, 9.17) is 0 Å². The highest BCUT2D eigenvalue weighted by Gasteiger charge is 1.95. The summed E-state index contributed by atoms with van der Waals surface area (Å²) in [5.41, 5.74) is 2.75. The second-order valence-corrected chi connectivity index (χ2v) is 3.37. The number of hydrogen-bond acceptors (Lipinski definition) is 0. The number of quaternary nitrogens is 1. The first-order valence-electron chi connectivity index (χ1n) is 4.03. The summed E-state index contributed by atoms with van der Waals surface area (Å²) >= 11 is 0. The molecule has 0 unspecified atom stereocenters. The topological polar surface area (TPSA) is 4.44 Å². The zero-order valence-corrected chi connectivity index (χ0v) is 7.52. The van der Waals surface area contributed by atoms with Crippen molar-refractivity contribution in [2.24, 2.45) is 0 Å². The summed E-state index contributed by atoms with van der Waals surface area (Å²) in [5.74, 6) is 0. The van der Waals surface area contributed by atoms with Crippen LogP contribution in [0.5, 0.6) is 0 Å². The fourth-order valence-electron chi connectivity index (χ4n) is 1.11. The van der Waals surface area contributed by atoms with Gasteiger partial charge in [0.15, 0.2) is 0 Å². The fourth-order valence-corrected chi connectivity index (χ4v) is 1.11. The lowest BCUT2D eigenvalue weighted by Crippen LogP contribution is -3.04. The van der Waals surface area contributed by atoms with Gasteiger partial charge in [-0.2, -0.15) is 0 Å². The van der Waals surface area contributed by atoms with Gasteiger partial charge in [-0.15, -0.1) is 0 Å². The van der Waals surface area contributed by atoms with Crippen LogP contribution in [0.4, 0.5) is 0 Å². The predicted octanol–water partition coefficient (Wildman–Crippen LogP) is 0.640. The van der Waals surface area contributed by atoms with E-state index in [0.29, 0.717) is 0 Å². The summed E-state index contributed by atoms with van der Waals surface area (Å²) in [7, 11) is 4.33. The van der Waals surface area contributed by atoms with Crippen molar-refractivity contribution < 1.29 is 4.90 Å². The van der Waals surface area contributed by atoms with Crippen LogP contribution in [0.1, 0.15) is 11.1 Å². The second kappa shape index (κ2) is 3.54. The molecule has 0 heterocycles. The third-order valence-corrected chi connectivity index (χ3v) is 1.68. The molecule has 0 radical (unpaired) electrons. The van der Waals surface area contributed by atoms with Gasteiger partial charge < -0.3 is 4.90 Å². The number of benzene rings is 1. The van der Waals surface area contributed by atoms with Gasteiger partial charge in [-0.05, 0) is 6.92 Å². The Bertz CT molecular complexity index is 211. The molecule has 0 saturated heterocycles. The van der Waals surface area contributed by atoms with Gasteiger partial charge in [0.05, 0.1) is 14.1 Å². The standard InChI is InChI=1S/C10H15N/c1-9-4-6-10(7-5-9)8-11(2)3/h4-7H,8H2,1-3H3/p+1. The molecule has 0 spiro atoms. The van der Waals surface area contributed by atoms with Crippen molar-refractivity contribution in [1.29, 1.82) is 0 Å². The Labute approximate surface area is 68.7 Å². The van der Waals surface area contributed by atoms with E-state index in [9.17, 15) is 0 Å². The molecule has 0 aromatic heterocycles. The molecule has 1 aromatic rings. The number of aryl methyl sites for hydroxylation is 1. The average Bonchev–Trinajstić information content (AvgIpc) is 1.93. The molecule has 0 atom stereocenters. The van der Waals surface area contributed by atoms with Gasteiger partial charge in [0.25, 0.3) is 0 Å². The second-order valence-electron chi connectivity index (χ2n) is 3.37. The molecule has 0 fully saturated rings. The summed E-state index contributed by atoms with van der Waals surface area (Å²) in [5, 5.41) is 0. The zero-order valence-electron chi connectivity index (χ0n) is 7.52. The number of rotatable bonds is 2. The van der Waals surface area contributed by atoms with Gasteiger partial charge in [-0.25, -0.2) is 0 Å². The van der Waals surface area contributed by atoms with Gasteiger partial charge in [0, 0.05) is 5.56 Å². The zero-order chi connectivity index (χ0) is 8.27. The highest BCUT2D eigenvalue weighted by molar-refractivity contribution is 5.20. The highest BCUT2D eigenvalue weighted by atomic mass is 15.0. The van der Waals surface area contributed by atoms with Crippen molar-refractivity contribution in [2.45, 2.75) is 13.5 Å². The summed E-state index contributed by atoms with van der Waals surface area (Å²) in [4.78, 5) is 1.47. The molecule has 1 rings (SSSR count). The van der Waals surface area contributed by atoms with Gasteiger partial charge >= 0.3 is 0 Å².